The van der Waals surface area contributed by atoms with Gasteiger partial charge < -0.3 is 15.0 Å². The number of aromatic nitrogens is 1. The van der Waals surface area contributed by atoms with E-state index in [9.17, 15) is 4.79 Å². The molecule has 0 unspecified atom stereocenters. The molecule has 0 radical (unpaired) electrons. The summed E-state index contributed by atoms with van der Waals surface area (Å²) in [4.78, 5) is 26.9. The van der Waals surface area contributed by atoms with Crippen LogP contribution >= 0.6 is 0 Å². The first-order valence-corrected chi connectivity index (χ1v) is 10.4. The van der Waals surface area contributed by atoms with Crippen molar-refractivity contribution in [2.75, 3.05) is 38.7 Å². The van der Waals surface area contributed by atoms with Gasteiger partial charge in [-0.2, -0.15) is 0 Å². The number of carbonyl (C=O) groups excluding carboxylic acids is 1. The summed E-state index contributed by atoms with van der Waals surface area (Å²) >= 11 is 0. The number of hydrogen-bond acceptors (Lipinski definition) is 6. The van der Waals surface area contributed by atoms with Gasteiger partial charge in [-0.3, -0.25) is 15.3 Å². The van der Waals surface area contributed by atoms with Crippen LogP contribution in [0, 0.1) is 0 Å². The average molecular weight is 423 g/mol. The van der Waals surface area contributed by atoms with Gasteiger partial charge in [0.15, 0.2) is 0 Å². The molecule has 0 bridgehead atoms. The van der Waals surface area contributed by atoms with E-state index in [1.807, 2.05) is 36.1 Å². The second-order valence-electron chi connectivity index (χ2n) is 7.47. The number of nitrogens with zero attached hydrogens (tertiary/aromatic N) is 4. The van der Waals surface area contributed by atoms with Gasteiger partial charge in [0, 0.05) is 62.5 Å². The lowest BCUT2D eigenvalue weighted by Gasteiger charge is -2.32. The lowest BCUT2D eigenvalue weighted by atomic mass is 10.1. The van der Waals surface area contributed by atoms with Gasteiger partial charge in [0.25, 0.3) is 0 Å². The molecule has 2 N–H and O–H groups in total. The predicted molar refractivity (Wildman–Crippen MR) is 126 cm³/mol. The molecule has 0 spiro atoms. The van der Waals surface area contributed by atoms with Crippen molar-refractivity contribution in [2.24, 2.45) is 9.98 Å². The fourth-order valence-electron chi connectivity index (χ4n) is 3.54. The SMILES string of the molecule is C=N/C=C\N=C(C)c1ccc2cnc(NC(=O)N3CCC(NCCOC)CC3)cc2c1. The van der Waals surface area contributed by atoms with Crippen LogP contribution in [0.25, 0.3) is 10.8 Å². The molecule has 0 saturated carbocycles. The highest BCUT2D eigenvalue weighted by molar-refractivity contribution is 6.02. The molecule has 0 atom stereocenters. The Kier molecular flexibility index (Phi) is 8.26. The number of hydrogen-bond donors (Lipinski definition) is 2. The zero-order valence-corrected chi connectivity index (χ0v) is 18.2. The minimum Gasteiger partial charge on any atom is -0.383 e. The minimum atomic E-state index is -0.113. The van der Waals surface area contributed by atoms with Crippen molar-refractivity contribution in [3.05, 3.63) is 48.4 Å². The molecule has 1 aromatic heterocycles. The second-order valence-corrected chi connectivity index (χ2v) is 7.47. The zero-order chi connectivity index (χ0) is 22.1. The summed E-state index contributed by atoms with van der Waals surface area (Å²) in [6.45, 7) is 8.31. The smallest absolute Gasteiger partial charge is 0.323 e. The molecule has 1 aliphatic rings. The topological polar surface area (TPSA) is 91.2 Å². The van der Waals surface area contributed by atoms with Crippen molar-refractivity contribution >= 4 is 35.1 Å². The Labute approximate surface area is 183 Å². The second kappa shape index (κ2) is 11.3. The van der Waals surface area contributed by atoms with Crippen LogP contribution in [0.5, 0.6) is 0 Å². The van der Waals surface area contributed by atoms with Gasteiger partial charge in [0.05, 0.1) is 6.61 Å². The third-order valence-corrected chi connectivity index (χ3v) is 5.34. The third-order valence-electron chi connectivity index (χ3n) is 5.34. The van der Waals surface area contributed by atoms with E-state index in [0.717, 1.165) is 54.5 Å². The summed E-state index contributed by atoms with van der Waals surface area (Å²) in [5, 5.41) is 8.39. The Morgan fingerprint density at radius 2 is 2.10 bits per heavy atom. The lowest BCUT2D eigenvalue weighted by molar-refractivity contribution is 0.174. The third kappa shape index (κ3) is 6.44. The molecular formula is C23H30N6O2. The number of benzene rings is 1. The summed E-state index contributed by atoms with van der Waals surface area (Å²) in [7, 11) is 1.70. The van der Waals surface area contributed by atoms with Crippen LogP contribution in [-0.4, -0.2) is 67.7 Å². The number of anilines is 1. The van der Waals surface area contributed by atoms with Crippen LogP contribution in [0.4, 0.5) is 10.6 Å². The number of pyridine rings is 1. The van der Waals surface area contributed by atoms with E-state index in [2.05, 4.69) is 32.3 Å². The van der Waals surface area contributed by atoms with Crippen molar-refractivity contribution in [1.29, 1.82) is 0 Å². The van der Waals surface area contributed by atoms with Crippen LogP contribution in [0.2, 0.25) is 0 Å². The Hall–Kier alpha value is -3.10. The molecule has 1 fully saturated rings. The Bertz CT molecular complexity index is 964. The van der Waals surface area contributed by atoms with Crippen LogP contribution < -0.4 is 10.6 Å². The van der Waals surface area contributed by atoms with Gasteiger partial charge in [-0.05, 0) is 49.6 Å². The van der Waals surface area contributed by atoms with Crippen LogP contribution in [0.15, 0.2) is 52.8 Å². The number of methoxy groups -OCH3 is 1. The number of carbonyl (C=O) groups is 1. The fraction of sp³-hybridized carbons (Fsp3) is 0.391. The summed E-state index contributed by atoms with van der Waals surface area (Å²) in [6.07, 6.45) is 6.79. The first kappa shape index (κ1) is 22.6. The van der Waals surface area contributed by atoms with E-state index in [-0.39, 0.29) is 6.03 Å². The Morgan fingerprint density at radius 1 is 1.29 bits per heavy atom. The molecular weight excluding hydrogens is 392 g/mol. The van der Waals surface area contributed by atoms with Gasteiger partial charge in [-0.1, -0.05) is 12.1 Å². The number of rotatable bonds is 8. The maximum absolute atomic E-state index is 12.7. The molecule has 3 rings (SSSR count). The van der Waals surface area contributed by atoms with Crippen molar-refractivity contribution in [2.45, 2.75) is 25.8 Å². The minimum absolute atomic E-state index is 0.113. The zero-order valence-electron chi connectivity index (χ0n) is 18.2. The predicted octanol–water partition coefficient (Wildman–Crippen LogP) is 3.45. The molecule has 8 heteroatoms. The van der Waals surface area contributed by atoms with Gasteiger partial charge in [-0.25, -0.2) is 9.78 Å². The number of aliphatic imine (C=N–C) groups is 2. The molecule has 2 aromatic rings. The van der Waals surface area contributed by atoms with E-state index >= 15 is 0 Å². The normalized spacial score (nSPS) is 15.5. The van der Waals surface area contributed by atoms with Crippen LogP contribution in [-0.2, 0) is 4.74 Å². The van der Waals surface area contributed by atoms with Crippen LogP contribution in [0.1, 0.15) is 25.3 Å². The van der Waals surface area contributed by atoms with Crippen molar-refractivity contribution in [3.63, 3.8) is 0 Å². The first-order valence-electron chi connectivity index (χ1n) is 10.4. The van der Waals surface area contributed by atoms with E-state index < -0.39 is 0 Å². The first-order chi connectivity index (χ1) is 15.1. The number of fused-ring (bicyclic) bond motifs is 1. The summed E-state index contributed by atoms with van der Waals surface area (Å²) in [5.41, 5.74) is 1.86. The average Bonchev–Trinajstić information content (AvgIpc) is 2.79. The molecule has 0 aliphatic carbocycles. The molecule has 2 heterocycles. The molecule has 8 nitrogen and oxygen atoms in total. The number of urea groups is 1. The molecule has 1 saturated heterocycles. The summed E-state index contributed by atoms with van der Waals surface area (Å²) in [5.74, 6) is 0.542. The highest BCUT2D eigenvalue weighted by Crippen LogP contribution is 2.20. The van der Waals surface area contributed by atoms with Crippen molar-refractivity contribution < 1.29 is 9.53 Å². The molecule has 31 heavy (non-hydrogen) atoms. The maximum atomic E-state index is 12.7. The molecule has 1 aromatic carbocycles. The van der Waals surface area contributed by atoms with E-state index in [1.165, 1.54) is 0 Å². The number of piperidine rings is 1. The van der Waals surface area contributed by atoms with E-state index in [0.29, 0.717) is 18.5 Å². The monoisotopic (exact) mass is 422 g/mol. The summed E-state index contributed by atoms with van der Waals surface area (Å²) in [6, 6.07) is 8.25. The Morgan fingerprint density at radius 3 is 2.84 bits per heavy atom. The highest BCUT2D eigenvalue weighted by atomic mass is 16.5. The Balaban J connectivity index is 1.62. The number of ether oxygens (including phenoxy) is 1. The van der Waals surface area contributed by atoms with E-state index in [4.69, 9.17) is 4.74 Å². The van der Waals surface area contributed by atoms with Gasteiger partial charge >= 0.3 is 6.03 Å². The summed E-state index contributed by atoms with van der Waals surface area (Å²) < 4.78 is 5.07. The highest BCUT2D eigenvalue weighted by Gasteiger charge is 2.22. The largest absolute Gasteiger partial charge is 0.383 e. The molecule has 2 amide bonds. The standard InChI is InChI=1S/C23H30N6O2/c1-17(25-9-8-24-2)18-4-5-19-16-27-22(15-20(19)14-18)28-23(30)29-11-6-21(7-12-29)26-10-13-31-3/h4-5,8-9,14-16,21,26H,2,6-7,10-13H2,1,3H3,(H,27,28,30)/b9-8-,25-17?. The maximum Gasteiger partial charge on any atom is 0.323 e. The lowest BCUT2D eigenvalue weighted by Crippen LogP contribution is -2.47. The fourth-order valence-corrected chi connectivity index (χ4v) is 3.54. The number of likely N-dealkylation sites (tertiary alicyclic amines) is 1. The van der Waals surface area contributed by atoms with E-state index in [1.54, 1.807) is 25.7 Å². The van der Waals surface area contributed by atoms with Crippen molar-refractivity contribution in [3.8, 4) is 0 Å². The number of amides is 2. The van der Waals surface area contributed by atoms with Crippen molar-refractivity contribution in [1.82, 2.24) is 15.2 Å². The number of nitrogens with one attached hydrogen (secondary N) is 2. The van der Waals surface area contributed by atoms with Gasteiger partial charge in [0.1, 0.15) is 5.82 Å². The quantitative estimate of drug-likeness (QED) is 0.504. The molecule has 1 aliphatic heterocycles. The van der Waals surface area contributed by atoms with Crippen LogP contribution in [0.3, 0.4) is 0 Å². The van der Waals surface area contributed by atoms with Gasteiger partial charge in [-0.15, -0.1) is 0 Å². The van der Waals surface area contributed by atoms with Gasteiger partial charge in [0.2, 0.25) is 0 Å². The molecule has 164 valence electrons.